The van der Waals surface area contributed by atoms with Crippen LogP contribution in [0.3, 0.4) is 0 Å². The predicted octanol–water partition coefficient (Wildman–Crippen LogP) is 5.21. The average molecular weight is 315 g/mol. The van der Waals surface area contributed by atoms with Gasteiger partial charge in [-0.25, -0.2) is 0 Å². The van der Waals surface area contributed by atoms with Crippen LogP contribution >= 0.6 is 34.8 Å². The minimum atomic E-state index is -0.299. The Morgan fingerprint density at radius 3 is 2.47 bits per heavy atom. The molecule has 0 spiro atoms. The van der Waals surface area contributed by atoms with Gasteiger partial charge in [0.25, 0.3) is 5.91 Å². The fourth-order valence-electron chi connectivity index (χ4n) is 1.61. The van der Waals surface area contributed by atoms with E-state index in [-0.39, 0.29) is 5.91 Å². The molecule has 98 valence electrons. The molecule has 0 fully saturated rings. The fraction of sp³-hybridized carbons (Fsp3) is 0.0714. The van der Waals surface area contributed by atoms with Crippen molar-refractivity contribution in [2.45, 2.75) is 6.92 Å². The summed E-state index contributed by atoms with van der Waals surface area (Å²) in [5.41, 5.74) is 1.83. The van der Waals surface area contributed by atoms with E-state index in [2.05, 4.69) is 5.32 Å². The zero-order chi connectivity index (χ0) is 14.0. The molecule has 2 aromatic carbocycles. The molecule has 0 aliphatic rings. The van der Waals surface area contributed by atoms with E-state index >= 15 is 0 Å². The number of amides is 1. The molecule has 1 amide bonds. The molecule has 0 radical (unpaired) electrons. The molecule has 0 unspecified atom stereocenters. The van der Waals surface area contributed by atoms with Gasteiger partial charge < -0.3 is 5.32 Å². The highest BCUT2D eigenvalue weighted by Crippen LogP contribution is 2.25. The highest BCUT2D eigenvalue weighted by Gasteiger charge is 2.12. The summed E-state index contributed by atoms with van der Waals surface area (Å²) in [6.45, 7) is 1.83. The lowest BCUT2D eigenvalue weighted by Crippen LogP contribution is -2.13. The van der Waals surface area contributed by atoms with Crippen LogP contribution < -0.4 is 5.32 Å². The molecule has 2 nitrogen and oxygen atoms in total. The topological polar surface area (TPSA) is 29.1 Å². The van der Waals surface area contributed by atoms with E-state index < -0.39 is 0 Å². The molecule has 2 rings (SSSR count). The van der Waals surface area contributed by atoms with E-state index in [9.17, 15) is 4.79 Å². The number of hydrogen-bond donors (Lipinski definition) is 1. The molecule has 19 heavy (non-hydrogen) atoms. The molecule has 0 heterocycles. The summed E-state index contributed by atoms with van der Waals surface area (Å²) in [6.07, 6.45) is 0. The Morgan fingerprint density at radius 1 is 1.05 bits per heavy atom. The Bertz CT molecular complexity index is 641. The second-order valence-electron chi connectivity index (χ2n) is 3.99. The van der Waals surface area contributed by atoms with Gasteiger partial charge in [-0.2, -0.15) is 0 Å². The second-order valence-corrected chi connectivity index (χ2v) is 5.24. The summed E-state index contributed by atoms with van der Waals surface area (Å²) >= 11 is 17.8. The summed E-state index contributed by atoms with van der Waals surface area (Å²) in [4.78, 5) is 12.1. The van der Waals surface area contributed by atoms with Crippen LogP contribution in [0.1, 0.15) is 15.9 Å². The van der Waals surface area contributed by atoms with E-state index in [1.807, 2.05) is 6.92 Å². The van der Waals surface area contributed by atoms with Crippen LogP contribution in [0.15, 0.2) is 36.4 Å². The minimum absolute atomic E-state index is 0.299. The van der Waals surface area contributed by atoms with Gasteiger partial charge in [0.05, 0.1) is 10.6 Å². The van der Waals surface area contributed by atoms with Crippen molar-refractivity contribution in [1.29, 1.82) is 0 Å². The number of carbonyl (C=O) groups is 1. The standard InChI is InChI=1S/C14H10Cl3NO/c1-8-11(16)3-2-4-13(8)18-14(19)10-6-5-9(15)7-12(10)17/h2-7H,1H3,(H,18,19). The second kappa shape index (κ2) is 5.83. The van der Waals surface area contributed by atoms with Crippen molar-refractivity contribution in [3.05, 3.63) is 62.6 Å². The highest BCUT2D eigenvalue weighted by atomic mass is 35.5. The number of carbonyl (C=O) groups excluding carboxylic acids is 1. The zero-order valence-electron chi connectivity index (χ0n) is 10.0. The van der Waals surface area contributed by atoms with Crippen LogP contribution in [-0.2, 0) is 0 Å². The van der Waals surface area contributed by atoms with Gasteiger partial charge in [-0.05, 0) is 42.8 Å². The normalized spacial score (nSPS) is 10.3. The first-order valence-electron chi connectivity index (χ1n) is 5.50. The largest absolute Gasteiger partial charge is 0.322 e. The Balaban J connectivity index is 2.28. The Hall–Kier alpha value is -1.22. The zero-order valence-corrected chi connectivity index (χ0v) is 12.3. The summed E-state index contributed by atoms with van der Waals surface area (Å²) in [5, 5.41) is 4.17. The number of hydrogen-bond acceptors (Lipinski definition) is 1. The van der Waals surface area contributed by atoms with Crippen LogP contribution in [-0.4, -0.2) is 5.91 Å². The van der Waals surface area contributed by atoms with Crippen molar-refractivity contribution in [3.63, 3.8) is 0 Å². The van der Waals surface area contributed by atoms with Gasteiger partial charge in [0, 0.05) is 15.7 Å². The SMILES string of the molecule is Cc1c(Cl)cccc1NC(=O)c1ccc(Cl)cc1Cl. The van der Waals surface area contributed by atoms with E-state index in [1.165, 1.54) is 6.07 Å². The third kappa shape index (κ3) is 3.21. The van der Waals surface area contributed by atoms with E-state index in [0.717, 1.165) is 5.56 Å². The summed E-state index contributed by atoms with van der Waals surface area (Å²) < 4.78 is 0. The van der Waals surface area contributed by atoms with Crippen molar-refractivity contribution in [1.82, 2.24) is 0 Å². The fourth-order valence-corrected chi connectivity index (χ4v) is 2.28. The van der Waals surface area contributed by atoms with E-state index in [0.29, 0.717) is 26.3 Å². The number of benzene rings is 2. The molecule has 0 bridgehead atoms. The average Bonchev–Trinajstić information content (AvgIpc) is 2.34. The van der Waals surface area contributed by atoms with Gasteiger partial charge in [0.1, 0.15) is 0 Å². The summed E-state index contributed by atoms with van der Waals surface area (Å²) in [5.74, 6) is -0.299. The Morgan fingerprint density at radius 2 is 1.79 bits per heavy atom. The third-order valence-electron chi connectivity index (χ3n) is 2.69. The van der Waals surface area contributed by atoms with Gasteiger partial charge in [0.15, 0.2) is 0 Å². The molecule has 0 aliphatic heterocycles. The molecule has 0 aromatic heterocycles. The first-order valence-corrected chi connectivity index (χ1v) is 6.64. The maximum atomic E-state index is 12.1. The molecule has 2 aromatic rings. The molecule has 0 saturated heterocycles. The van der Waals surface area contributed by atoms with Gasteiger partial charge in [-0.3, -0.25) is 4.79 Å². The maximum absolute atomic E-state index is 12.1. The lowest BCUT2D eigenvalue weighted by Gasteiger charge is -2.10. The van der Waals surface area contributed by atoms with Crippen molar-refractivity contribution >= 4 is 46.4 Å². The van der Waals surface area contributed by atoms with Crippen molar-refractivity contribution in [3.8, 4) is 0 Å². The van der Waals surface area contributed by atoms with Crippen LogP contribution in [0.5, 0.6) is 0 Å². The van der Waals surface area contributed by atoms with Crippen LogP contribution in [0.25, 0.3) is 0 Å². The van der Waals surface area contributed by atoms with Crippen LogP contribution in [0.2, 0.25) is 15.1 Å². The summed E-state index contributed by atoms with van der Waals surface area (Å²) in [7, 11) is 0. The van der Waals surface area contributed by atoms with E-state index in [1.54, 1.807) is 30.3 Å². The molecular weight excluding hydrogens is 305 g/mol. The molecule has 1 N–H and O–H groups in total. The van der Waals surface area contributed by atoms with Gasteiger partial charge in [-0.15, -0.1) is 0 Å². The predicted molar refractivity (Wildman–Crippen MR) is 80.6 cm³/mol. The number of halogens is 3. The van der Waals surface area contributed by atoms with Crippen molar-refractivity contribution < 1.29 is 4.79 Å². The highest BCUT2D eigenvalue weighted by molar-refractivity contribution is 6.37. The molecule has 0 aliphatic carbocycles. The van der Waals surface area contributed by atoms with Gasteiger partial charge in [0.2, 0.25) is 0 Å². The lowest BCUT2D eigenvalue weighted by atomic mass is 10.1. The maximum Gasteiger partial charge on any atom is 0.257 e. The number of nitrogens with one attached hydrogen (secondary N) is 1. The lowest BCUT2D eigenvalue weighted by molar-refractivity contribution is 0.102. The van der Waals surface area contributed by atoms with Gasteiger partial charge >= 0.3 is 0 Å². The number of rotatable bonds is 2. The van der Waals surface area contributed by atoms with Crippen molar-refractivity contribution in [2.75, 3.05) is 5.32 Å². The first kappa shape index (κ1) is 14.2. The Kier molecular flexibility index (Phi) is 4.35. The van der Waals surface area contributed by atoms with Crippen LogP contribution in [0, 0.1) is 6.92 Å². The molecule has 0 saturated carbocycles. The first-order chi connectivity index (χ1) is 8.99. The van der Waals surface area contributed by atoms with Gasteiger partial charge in [-0.1, -0.05) is 40.9 Å². The summed E-state index contributed by atoms with van der Waals surface area (Å²) in [6, 6.07) is 10.1. The minimum Gasteiger partial charge on any atom is -0.322 e. The van der Waals surface area contributed by atoms with Crippen molar-refractivity contribution in [2.24, 2.45) is 0 Å². The molecule has 5 heteroatoms. The third-order valence-corrected chi connectivity index (χ3v) is 3.65. The smallest absolute Gasteiger partial charge is 0.257 e. The van der Waals surface area contributed by atoms with E-state index in [4.69, 9.17) is 34.8 Å². The molecule has 0 atom stereocenters. The van der Waals surface area contributed by atoms with Crippen LogP contribution in [0.4, 0.5) is 5.69 Å². The monoisotopic (exact) mass is 313 g/mol. The molecular formula is C14H10Cl3NO. The quantitative estimate of drug-likeness (QED) is 0.810. The number of anilines is 1. The Labute approximate surface area is 126 Å².